The molecule has 0 aliphatic rings. The van der Waals surface area contributed by atoms with E-state index >= 15 is 0 Å². The number of hydrogen-bond acceptors (Lipinski definition) is 4. The third kappa shape index (κ3) is 9.83. The monoisotopic (exact) mass is 219 g/mol. The molecule has 1 unspecified atom stereocenters. The van der Waals surface area contributed by atoms with Crippen LogP contribution in [-0.2, 0) is 9.09 Å². The molecule has 0 saturated heterocycles. The maximum atomic E-state index is 10.9. The minimum atomic E-state index is -3.61. The molecule has 0 rings (SSSR count). The fraction of sp³-hybridized carbons (Fsp3) is 1.00. The third-order valence-corrected chi connectivity index (χ3v) is 2.24. The van der Waals surface area contributed by atoms with Crippen LogP contribution in [-0.4, -0.2) is 18.9 Å². The molecular formula is C6H15KNO3P. The van der Waals surface area contributed by atoms with Crippen LogP contribution >= 0.6 is 7.60 Å². The van der Waals surface area contributed by atoms with Crippen molar-refractivity contribution in [3.63, 3.8) is 0 Å². The van der Waals surface area contributed by atoms with Crippen LogP contribution in [0, 0.1) is 0 Å². The Labute approximate surface area is 116 Å². The van der Waals surface area contributed by atoms with Gasteiger partial charge in [0.25, 0.3) is 0 Å². The van der Waals surface area contributed by atoms with Crippen LogP contribution in [0.25, 0.3) is 0 Å². The Morgan fingerprint density at radius 2 is 2.08 bits per heavy atom. The van der Waals surface area contributed by atoms with Gasteiger partial charge in [-0.2, -0.15) is 0 Å². The van der Waals surface area contributed by atoms with E-state index in [9.17, 15) is 9.46 Å². The van der Waals surface area contributed by atoms with Gasteiger partial charge in [0.1, 0.15) is 7.60 Å². The van der Waals surface area contributed by atoms with Gasteiger partial charge in [-0.25, -0.2) is 0 Å². The SMILES string of the molecule is CCOP(=O)([O-])CNC(C)C.[K+]. The standard InChI is InChI=1S/C6H16NO3P.K/c1-4-10-11(8,9)5-7-6(2)3;/h6-7H,4-5H2,1-3H3,(H,8,9);/q;+1/p-1. The summed E-state index contributed by atoms with van der Waals surface area (Å²) < 4.78 is 15.4. The molecule has 0 aromatic carbocycles. The van der Waals surface area contributed by atoms with E-state index in [-0.39, 0.29) is 70.3 Å². The van der Waals surface area contributed by atoms with Gasteiger partial charge in [-0.1, -0.05) is 13.8 Å². The first-order valence-electron chi connectivity index (χ1n) is 3.66. The smallest absolute Gasteiger partial charge is 0.778 e. The van der Waals surface area contributed by atoms with Crippen molar-refractivity contribution in [2.24, 2.45) is 0 Å². The molecule has 1 N–H and O–H groups in total. The summed E-state index contributed by atoms with van der Waals surface area (Å²) in [5.41, 5.74) is 0. The Morgan fingerprint density at radius 3 is 2.42 bits per heavy atom. The van der Waals surface area contributed by atoms with E-state index in [1.807, 2.05) is 13.8 Å². The molecule has 6 heteroatoms. The van der Waals surface area contributed by atoms with Crippen molar-refractivity contribution < 1.29 is 65.4 Å². The largest absolute Gasteiger partial charge is 1.00 e. The molecule has 0 aliphatic carbocycles. The van der Waals surface area contributed by atoms with Crippen molar-refractivity contribution in [3.05, 3.63) is 0 Å². The first kappa shape index (κ1) is 16.2. The second-order valence-corrected chi connectivity index (χ2v) is 4.34. The zero-order valence-electron chi connectivity index (χ0n) is 8.16. The molecule has 0 bridgehead atoms. The van der Waals surface area contributed by atoms with Crippen LogP contribution < -0.4 is 61.6 Å². The molecule has 0 spiro atoms. The number of hydrogen-bond donors (Lipinski definition) is 1. The second-order valence-electron chi connectivity index (χ2n) is 2.55. The van der Waals surface area contributed by atoms with Crippen molar-refractivity contribution >= 4 is 7.60 Å². The average Bonchev–Trinajstić information content (AvgIpc) is 1.84. The summed E-state index contributed by atoms with van der Waals surface area (Å²) >= 11 is 0. The first-order chi connectivity index (χ1) is 4.98. The van der Waals surface area contributed by atoms with Gasteiger partial charge in [-0.05, 0) is 6.92 Å². The summed E-state index contributed by atoms with van der Waals surface area (Å²) in [6.07, 6.45) is -0.0848. The predicted octanol–water partition coefficient (Wildman–Crippen LogP) is -2.46. The summed E-state index contributed by atoms with van der Waals surface area (Å²) in [5, 5.41) is 2.77. The molecule has 0 amide bonds. The third-order valence-electron chi connectivity index (χ3n) is 1.02. The molecule has 0 aromatic rings. The summed E-state index contributed by atoms with van der Waals surface area (Å²) in [4.78, 5) is 10.9. The summed E-state index contributed by atoms with van der Waals surface area (Å²) in [6, 6.07) is 0.165. The molecular weight excluding hydrogens is 204 g/mol. The fourth-order valence-corrected chi connectivity index (χ4v) is 1.61. The predicted molar refractivity (Wildman–Crippen MR) is 42.4 cm³/mol. The fourth-order valence-electron chi connectivity index (χ4n) is 0.537. The molecule has 1 atom stereocenters. The number of nitrogens with one attached hydrogen (secondary N) is 1. The van der Waals surface area contributed by atoms with E-state index in [4.69, 9.17) is 0 Å². The van der Waals surface area contributed by atoms with Crippen LogP contribution in [0.4, 0.5) is 0 Å². The van der Waals surface area contributed by atoms with Gasteiger partial charge in [-0.3, -0.25) is 0 Å². The van der Waals surface area contributed by atoms with E-state index < -0.39 is 7.60 Å². The van der Waals surface area contributed by atoms with Crippen LogP contribution in [0.15, 0.2) is 0 Å². The molecule has 0 aromatic heterocycles. The van der Waals surface area contributed by atoms with E-state index in [0.29, 0.717) is 0 Å². The normalized spacial score (nSPS) is 15.4. The molecule has 0 radical (unpaired) electrons. The maximum absolute atomic E-state index is 10.9. The topological polar surface area (TPSA) is 61.4 Å². The van der Waals surface area contributed by atoms with E-state index in [0.717, 1.165) is 0 Å². The molecule has 0 heterocycles. The molecule has 0 saturated carbocycles. The molecule has 0 fully saturated rings. The number of rotatable bonds is 5. The molecule has 0 aliphatic heterocycles. The zero-order chi connectivity index (χ0) is 8.91. The van der Waals surface area contributed by atoms with Crippen molar-refractivity contribution in [1.29, 1.82) is 0 Å². The zero-order valence-corrected chi connectivity index (χ0v) is 12.2. The summed E-state index contributed by atoms with van der Waals surface area (Å²) in [5.74, 6) is 0. The van der Waals surface area contributed by atoms with Crippen molar-refractivity contribution in [3.8, 4) is 0 Å². The molecule has 4 nitrogen and oxygen atoms in total. The quantitative estimate of drug-likeness (QED) is 0.411. The summed E-state index contributed by atoms with van der Waals surface area (Å²) in [6.45, 7) is 5.62. The first-order valence-corrected chi connectivity index (χ1v) is 5.38. The maximum Gasteiger partial charge on any atom is 1.00 e. The Morgan fingerprint density at radius 1 is 1.58 bits per heavy atom. The van der Waals surface area contributed by atoms with Gasteiger partial charge < -0.3 is 19.3 Å². The Balaban J connectivity index is 0. The minimum absolute atomic E-state index is 0. The Bertz CT molecular complexity index is 154. The molecule has 12 heavy (non-hydrogen) atoms. The van der Waals surface area contributed by atoms with Gasteiger partial charge in [0.15, 0.2) is 0 Å². The van der Waals surface area contributed by atoms with Crippen molar-refractivity contribution in [2.75, 3.05) is 12.9 Å². The van der Waals surface area contributed by atoms with Gasteiger partial charge in [0.05, 0.1) is 12.9 Å². The Kier molecular flexibility index (Phi) is 10.9. The van der Waals surface area contributed by atoms with Gasteiger partial charge in [0, 0.05) is 6.04 Å². The van der Waals surface area contributed by atoms with Crippen molar-refractivity contribution in [2.45, 2.75) is 26.8 Å². The van der Waals surface area contributed by atoms with Crippen LogP contribution in [0.1, 0.15) is 20.8 Å². The average molecular weight is 219 g/mol. The van der Waals surface area contributed by atoms with E-state index in [1.165, 1.54) is 0 Å². The van der Waals surface area contributed by atoms with Gasteiger partial charge in [0.2, 0.25) is 0 Å². The van der Waals surface area contributed by atoms with Crippen LogP contribution in [0.2, 0.25) is 0 Å². The Hall–Kier alpha value is 1.75. The van der Waals surface area contributed by atoms with Crippen LogP contribution in [0.5, 0.6) is 0 Å². The van der Waals surface area contributed by atoms with Crippen LogP contribution in [0.3, 0.4) is 0 Å². The second kappa shape index (κ2) is 8.09. The minimum Gasteiger partial charge on any atom is -0.778 e. The molecule has 68 valence electrons. The van der Waals surface area contributed by atoms with Crippen molar-refractivity contribution in [1.82, 2.24) is 5.32 Å². The van der Waals surface area contributed by atoms with Gasteiger partial charge >= 0.3 is 51.4 Å². The van der Waals surface area contributed by atoms with Gasteiger partial charge in [-0.15, -0.1) is 0 Å². The van der Waals surface area contributed by atoms with E-state index in [1.54, 1.807) is 6.92 Å². The summed E-state index contributed by atoms with van der Waals surface area (Å²) in [7, 11) is -3.61. The van der Waals surface area contributed by atoms with E-state index in [2.05, 4.69) is 9.84 Å².